The smallest absolute Gasteiger partial charge is 0.323 e. The summed E-state index contributed by atoms with van der Waals surface area (Å²) >= 11 is 12.4. The van der Waals surface area contributed by atoms with Gasteiger partial charge in [0.25, 0.3) is 5.78 Å². The molecule has 7 nitrogen and oxygen atoms in total. The van der Waals surface area contributed by atoms with E-state index in [4.69, 9.17) is 28.3 Å². The summed E-state index contributed by atoms with van der Waals surface area (Å²) in [6, 6.07) is 4.18. The highest BCUT2D eigenvalue weighted by atomic mass is 35.5. The Balaban J connectivity index is 2.38. The summed E-state index contributed by atoms with van der Waals surface area (Å²) < 4.78 is 15.7. The Morgan fingerprint density at radius 1 is 1.38 bits per heavy atom. The fourth-order valence-corrected chi connectivity index (χ4v) is 2.90. The first-order valence-corrected chi connectivity index (χ1v) is 7.42. The summed E-state index contributed by atoms with van der Waals surface area (Å²) in [5.41, 5.74) is 0.155. The lowest BCUT2D eigenvalue weighted by Gasteiger charge is -2.22. The van der Waals surface area contributed by atoms with Gasteiger partial charge >= 0.3 is 5.97 Å². The van der Waals surface area contributed by atoms with Gasteiger partial charge in [0, 0.05) is 12.6 Å². The van der Waals surface area contributed by atoms with Crippen LogP contribution in [0.2, 0.25) is 10.2 Å². The number of benzene rings is 1. The molecule has 2 heterocycles. The van der Waals surface area contributed by atoms with Gasteiger partial charge in [-0.3, -0.25) is 4.79 Å². The lowest BCUT2D eigenvalue weighted by molar-refractivity contribution is -0.135. The molecular weight excluding hydrogens is 360 g/mol. The van der Waals surface area contributed by atoms with E-state index in [0.29, 0.717) is 0 Å². The first kappa shape index (κ1) is 16.4. The van der Waals surface area contributed by atoms with Crippen LogP contribution in [-0.4, -0.2) is 44.3 Å². The standard InChI is InChI=1S/C14H10Cl2FN5O2/c1-21(5-9(23)24)13-11(10-7(15)3-2-4-8(10)17)12(16)20-14-18-6-19-22(13)14/h2-4,6H,5H2,1H3,(H,23,24). The monoisotopic (exact) mass is 369 g/mol. The van der Waals surface area contributed by atoms with Gasteiger partial charge in [0.1, 0.15) is 29.7 Å². The summed E-state index contributed by atoms with van der Waals surface area (Å²) in [6.07, 6.45) is 1.24. The topological polar surface area (TPSA) is 83.6 Å². The lowest BCUT2D eigenvalue weighted by Crippen LogP contribution is -2.28. The summed E-state index contributed by atoms with van der Waals surface area (Å²) in [4.78, 5) is 20.5. The van der Waals surface area contributed by atoms with E-state index in [0.717, 1.165) is 0 Å². The summed E-state index contributed by atoms with van der Waals surface area (Å²) in [5.74, 6) is -1.32. The third-order valence-corrected chi connectivity index (χ3v) is 3.89. The number of hydrogen-bond acceptors (Lipinski definition) is 5. The number of aromatic nitrogens is 4. The van der Waals surface area contributed by atoms with E-state index < -0.39 is 11.8 Å². The molecule has 0 unspecified atom stereocenters. The van der Waals surface area contributed by atoms with Gasteiger partial charge in [0.15, 0.2) is 0 Å². The van der Waals surface area contributed by atoms with Crippen LogP contribution in [0.25, 0.3) is 16.9 Å². The molecule has 1 aromatic carbocycles. The quantitative estimate of drug-likeness (QED) is 0.711. The third-order valence-electron chi connectivity index (χ3n) is 3.31. The van der Waals surface area contributed by atoms with Crippen LogP contribution in [0.3, 0.4) is 0 Å². The fraction of sp³-hybridized carbons (Fsp3) is 0.143. The van der Waals surface area contributed by atoms with E-state index >= 15 is 0 Å². The number of hydrogen-bond donors (Lipinski definition) is 1. The van der Waals surface area contributed by atoms with Crippen LogP contribution in [0.4, 0.5) is 10.2 Å². The molecule has 0 saturated carbocycles. The molecule has 1 N–H and O–H groups in total. The van der Waals surface area contributed by atoms with Crippen molar-refractivity contribution in [1.82, 2.24) is 19.6 Å². The molecule has 0 aliphatic carbocycles. The van der Waals surface area contributed by atoms with Crippen LogP contribution in [0.5, 0.6) is 0 Å². The molecule has 0 amide bonds. The van der Waals surface area contributed by atoms with Crippen LogP contribution in [-0.2, 0) is 4.79 Å². The molecular formula is C14H10Cl2FN5O2. The molecule has 2 aromatic heterocycles. The molecule has 0 radical (unpaired) electrons. The SMILES string of the molecule is CN(CC(=O)O)c1c(-c2c(F)cccc2Cl)c(Cl)nc2ncnn12. The minimum absolute atomic E-state index is 0.0151. The molecule has 0 fully saturated rings. The van der Waals surface area contributed by atoms with Crippen LogP contribution >= 0.6 is 23.2 Å². The minimum atomic E-state index is -1.08. The van der Waals surface area contributed by atoms with Gasteiger partial charge in [-0.2, -0.15) is 19.6 Å². The van der Waals surface area contributed by atoms with Gasteiger partial charge in [0.05, 0.1) is 10.6 Å². The van der Waals surface area contributed by atoms with Gasteiger partial charge in [-0.1, -0.05) is 29.3 Å². The predicted octanol–water partition coefficient (Wildman–Crippen LogP) is 2.76. The number of rotatable bonds is 4. The van der Waals surface area contributed by atoms with Crippen molar-refractivity contribution in [2.45, 2.75) is 0 Å². The molecule has 3 aromatic rings. The Bertz CT molecular complexity index is 926. The largest absolute Gasteiger partial charge is 0.480 e. The minimum Gasteiger partial charge on any atom is -0.480 e. The molecule has 3 rings (SSSR count). The van der Waals surface area contributed by atoms with Crippen molar-refractivity contribution in [3.8, 4) is 11.1 Å². The van der Waals surface area contributed by atoms with Crippen molar-refractivity contribution < 1.29 is 14.3 Å². The number of carboxylic acids is 1. The summed E-state index contributed by atoms with van der Waals surface area (Å²) in [5, 5.41) is 13.1. The number of aliphatic carboxylic acids is 1. The van der Waals surface area contributed by atoms with Gasteiger partial charge < -0.3 is 10.0 Å². The highest BCUT2D eigenvalue weighted by Crippen LogP contribution is 2.40. The van der Waals surface area contributed by atoms with Crippen LogP contribution in [0.1, 0.15) is 0 Å². The molecule has 0 atom stereocenters. The maximum absolute atomic E-state index is 14.4. The van der Waals surface area contributed by atoms with Gasteiger partial charge in [-0.25, -0.2) is 4.39 Å². The molecule has 0 saturated heterocycles. The summed E-state index contributed by atoms with van der Waals surface area (Å²) in [7, 11) is 1.51. The average molecular weight is 370 g/mol. The summed E-state index contributed by atoms with van der Waals surface area (Å²) in [6.45, 7) is -0.367. The molecule has 24 heavy (non-hydrogen) atoms. The van der Waals surface area contributed by atoms with Crippen molar-refractivity contribution in [3.63, 3.8) is 0 Å². The number of anilines is 1. The first-order chi connectivity index (χ1) is 11.4. The number of nitrogens with zero attached hydrogens (tertiary/aromatic N) is 5. The number of halogens is 3. The molecule has 0 bridgehead atoms. The highest BCUT2D eigenvalue weighted by molar-refractivity contribution is 6.36. The van der Waals surface area contributed by atoms with Crippen molar-refractivity contribution in [2.24, 2.45) is 0 Å². The Morgan fingerprint density at radius 2 is 2.12 bits per heavy atom. The highest BCUT2D eigenvalue weighted by Gasteiger charge is 2.25. The number of carbonyl (C=O) groups is 1. The molecule has 10 heteroatoms. The van der Waals surface area contributed by atoms with Crippen molar-refractivity contribution in [1.29, 1.82) is 0 Å². The van der Waals surface area contributed by atoms with Crippen molar-refractivity contribution in [3.05, 3.63) is 40.5 Å². The van der Waals surface area contributed by atoms with Crippen LogP contribution in [0, 0.1) is 5.82 Å². The molecule has 0 aliphatic rings. The van der Waals surface area contributed by atoms with Crippen LogP contribution in [0.15, 0.2) is 24.5 Å². The Hall–Kier alpha value is -2.45. The normalized spacial score (nSPS) is 11.0. The Morgan fingerprint density at radius 3 is 2.79 bits per heavy atom. The maximum Gasteiger partial charge on any atom is 0.323 e. The van der Waals surface area contributed by atoms with Crippen molar-refractivity contribution >= 4 is 40.8 Å². The predicted molar refractivity (Wildman–Crippen MR) is 87.1 cm³/mol. The Labute approximate surface area is 145 Å². The van der Waals surface area contributed by atoms with Gasteiger partial charge in [-0.15, -0.1) is 0 Å². The van der Waals surface area contributed by atoms with E-state index in [1.165, 1.54) is 41.0 Å². The van der Waals surface area contributed by atoms with E-state index in [2.05, 4.69) is 15.1 Å². The third kappa shape index (κ3) is 2.74. The second-order valence-corrected chi connectivity index (χ2v) is 5.68. The second kappa shape index (κ2) is 6.21. The molecule has 0 spiro atoms. The van der Waals surface area contributed by atoms with Gasteiger partial charge in [-0.05, 0) is 12.1 Å². The van der Waals surface area contributed by atoms with E-state index in [1.54, 1.807) is 0 Å². The number of fused-ring (bicyclic) bond motifs is 1. The molecule has 0 aliphatic heterocycles. The Kier molecular flexibility index (Phi) is 4.25. The van der Waals surface area contributed by atoms with E-state index in [9.17, 15) is 9.18 Å². The lowest BCUT2D eigenvalue weighted by atomic mass is 10.1. The zero-order valence-corrected chi connectivity index (χ0v) is 13.8. The first-order valence-electron chi connectivity index (χ1n) is 6.66. The van der Waals surface area contributed by atoms with E-state index in [-0.39, 0.29) is 39.4 Å². The average Bonchev–Trinajstić information content (AvgIpc) is 2.93. The second-order valence-electron chi connectivity index (χ2n) is 4.92. The van der Waals surface area contributed by atoms with Gasteiger partial charge in [0.2, 0.25) is 0 Å². The number of carboxylic acid groups (broad SMARTS) is 1. The fourth-order valence-electron chi connectivity index (χ4n) is 2.38. The van der Waals surface area contributed by atoms with Crippen molar-refractivity contribution in [2.75, 3.05) is 18.5 Å². The van der Waals surface area contributed by atoms with Crippen LogP contribution < -0.4 is 4.90 Å². The number of likely N-dealkylation sites (N-methyl/N-ethyl adjacent to an activating group) is 1. The van der Waals surface area contributed by atoms with E-state index in [1.807, 2.05) is 0 Å². The zero-order chi connectivity index (χ0) is 17.4. The maximum atomic E-state index is 14.4. The molecule has 124 valence electrons. The zero-order valence-electron chi connectivity index (χ0n) is 12.2.